The van der Waals surface area contributed by atoms with Crippen molar-refractivity contribution < 1.29 is 15.1 Å². The standard InChI is InChI=1S/C45H18P2S.C14H16N2.2ClH.Ru/c1-5-9-13-21-33-46(34-22-14-10-6-2)41-31-29-37-25-17-19-27-39(37)43(41)45(48)44-40-28-20-18-26-38(40)30-32-42(44)47(35-23-15-11-7-3)36-24-16-12-8-4;15-13(11-7-3-1-4-8-11)14(16)12-9-5-2-6-10-12;;;/h1-4,17-20,25-32,45,48H;1-10,13-14H,15-16H2;2*1H;/q;;;;+4. The average Bonchev–Trinajstić information content (AvgIpc) is 3.37. The number of fused-ring (bicyclic) bond motifs is 2. The second-order valence-electron chi connectivity index (χ2n) is 13.1. The molecular weight excluding hydrogens is 1000 g/mol. The summed E-state index contributed by atoms with van der Waals surface area (Å²) in [6.45, 7) is 0. The summed E-state index contributed by atoms with van der Waals surface area (Å²) >= 11 is 5.06. The Labute approximate surface area is 419 Å². The number of hydrogen-bond acceptors (Lipinski definition) is 3. The van der Waals surface area contributed by atoms with E-state index in [2.05, 4.69) is 166 Å². The SMILES string of the molecule is C#CC#CC#C[PH+](C#CC#CC#C)c1ccc2ccccc2c1C(S)c1c([PH+](C#CC#CC#C)C#CC#CC#C)ccc2ccccc12.NC(c1ccccc1)C(N)c1ccccc1.[Cl][Ru+2][Cl]. The fraction of sp³-hybridized carbons (Fsp3) is 0.0508. The molecule has 0 bridgehead atoms. The van der Waals surface area contributed by atoms with Crippen molar-refractivity contribution in [1.29, 1.82) is 0 Å². The summed E-state index contributed by atoms with van der Waals surface area (Å²) < 4.78 is 0. The van der Waals surface area contributed by atoms with E-state index in [9.17, 15) is 0 Å². The first-order chi connectivity index (χ1) is 32.8. The van der Waals surface area contributed by atoms with Gasteiger partial charge in [-0.25, -0.2) is 0 Å². The van der Waals surface area contributed by atoms with Gasteiger partial charge in [-0.2, -0.15) is 12.6 Å². The summed E-state index contributed by atoms with van der Waals surface area (Å²) in [6, 6.07) is 44.1. The van der Waals surface area contributed by atoms with Crippen LogP contribution in [0.3, 0.4) is 0 Å². The Balaban J connectivity index is 0.000000427. The Morgan fingerprint density at radius 1 is 0.418 bits per heavy atom. The van der Waals surface area contributed by atoms with Crippen LogP contribution in [-0.2, 0) is 15.1 Å². The predicted octanol–water partition coefficient (Wildman–Crippen LogP) is 9.84. The normalized spacial score (nSPS) is 9.79. The number of thiol groups is 1. The van der Waals surface area contributed by atoms with Crippen LogP contribution in [0.4, 0.5) is 0 Å². The molecule has 0 aliphatic rings. The number of halogens is 2. The van der Waals surface area contributed by atoms with Gasteiger partial charge in [-0.15, -0.1) is 25.7 Å². The second-order valence-corrected chi connectivity index (χ2v) is 19.9. The molecule has 0 amide bonds. The molecule has 2 unspecified atom stereocenters. The van der Waals surface area contributed by atoms with Gasteiger partial charge in [0, 0.05) is 70.6 Å². The fourth-order valence-corrected chi connectivity index (χ4v) is 10.3. The first kappa shape index (κ1) is 52.5. The van der Waals surface area contributed by atoms with E-state index in [1.807, 2.05) is 84.9 Å². The molecule has 0 spiro atoms. The van der Waals surface area contributed by atoms with Gasteiger partial charge in [0.05, 0.1) is 5.25 Å². The van der Waals surface area contributed by atoms with Crippen molar-refractivity contribution in [3.05, 3.63) is 156 Å². The minimum absolute atomic E-state index is 0.163. The Bertz CT molecular complexity index is 3100. The van der Waals surface area contributed by atoms with E-state index in [0.29, 0.717) is 0 Å². The Morgan fingerprint density at radius 3 is 1.03 bits per heavy atom. The number of nitrogens with two attached hydrogens (primary N) is 2. The maximum atomic E-state index is 6.15. The van der Waals surface area contributed by atoms with Crippen LogP contribution in [0.25, 0.3) is 21.5 Å². The zero-order chi connectivity index (χ0) is 48.1. The average molecular weight is 1040 g/mol. The molecule has 0 aliphatic carbocycles. The van der Waals surface area contributed by atoms with Crippen LogP contribution < -0.4 is 22.1 Å². The molecule has 6 aromatic rings. The van der Waals surface area contributed by atoms with Crippen molar-refractivity contribution in [2.45, 2.75) is 17.3 Å². The third-order valence-electron chi connectivity index (χ3n) is 9.32. The molecule has 2 atom stereocenters. The molecule has 0 radical (unpaired) electrons. The van der Waals surface area contributed by atoms with Crippen molar-refractivity contribution in [3.8, 4) is 143 Å². The Hall–Kier alpha value is -7.11. The molecule has 8 heteroatoms. The van der Waals surface area contributed by atoms with Crippen LogP contribution in [-0.4, -0.2) is 0 Å². The molecule has 0 saturated carbocycles. The van der Waals surface area contributed by atoms with Gasteiger partial charge in [-0.1, -0.05) is 121 Å². The number of rotatable bonds is 7. The van der Waals surface area contributed by atoms with Crippen LogP contribution in [0.15, 0.2) is 133 Å². The van der Waals surface area contributed by atoms with Gasteiger partial charge in [0.25, 0.3) is 0 Å². The monoisotopic (exact) mass is 1040 g/mol. The molecular formula is C59H36Cl2N2P2RuS+4. The molecule has 6 rings (SSSR count). The molecule has 0 saturated heterocycles. The molecule has 4 N–H and O–H groups in total. The van der Waals surface area contributed by atoms with Crippen molar-refractivity contribution in [2.75, 3.05) is 0 Å². The number of terminal acetylenes is 4. The summed E-state index contributed by atoms with van der Waals surface area (Å²) in [5.74, 6) is 41.8. The minimum atomic E-state index is -1.92. The molecule has 0 aliphatic heterocycles. The molecule has 0 heterocycles. The molecule has 0 fully saturated rings. The fourth-order valence-electron chi connectivity index (χ4n) is 6.50. The van der Waals surface area contributed by atoms with Crippen LogP contribution >= 0.6 is 47.9 Å². The van der Waals surface area contributed by atoms with Gasteiger partial charge < -0.3 is 11.5 Å². The van der Waals surface area contributed by atoms with E-state index in [-0.39, 0.29) is 27.2 Å². The van der Waals surface area contributed by atoms with Crippen molar-refractivity contribution in [2.24, 2.45) is 11.5 Å². The third-order valence-corrected chi connectivity index (χ3v) is 13.3. The van der Waals surface area contributed by atoms with E-state index in [0.717, 1.165) is 54.4 Å². The predicted molar refractivity (Wildman–Crippen MR) is 291 cm³/mol. The van der Waals surface area contributed by atoms with Crippen LogP contribution in [0, 0.1) is 143 Å². The van der Waals surface area contributed by atoms with Gasteiger partial charge in [0.1, 0.15) is 33.3 Å². The number of benzene rings is 6. The molecule has 2 nitrogen and oxygen atoms in total. The summed E-state index contributed by atoms with van der Waals surface area (Å²) in [4.78, 5) is 0. The summed E-state index contributed by atoms with van der Waals surface area (Å²) in [6.07, 6.45) is 21.3. The summed E-state index contributed by atoms with van der Waals surface area (Å²) in [5.41, 5.74) is 29.4. The third kappa shape index (κ3) is 16.1. The molecule has 6 aromatic carbocycles. The van der Waals surface area contributed by atoms with Crippen molar-refractivity contribution in [3.63, 3.8) is 0 Å². The molecule has 0 aromatic heterocycles. The quantitative estimate of drug-likeness (QED) is 0.0646. The van der Waals surface area contributed by atoms with Crippen molar-refractivity contribution in [1.82, 2.24) is 0 Å². The topological polar surface area (TPSA) is 52.0 Å². The van der Waals surface area contributed by atoms with Gasteiger partial charge >= 0.3 is 34.5 Å². The molecule has 316 valence electrons. The van der Waals surface area contributed by atoms with E-state index in [1.54, 1.807) is 0 Å². The van der Waals surface area contributed by atoms with Crippen LogP contribution in [0.5, 0.6) is 0 Å². The van der Waals surface area contributed by atoms with Gasteiger partial charge in [-0.05, 0) is 92.2 Å². The molecule has 67 heavy (non-hydrogen) atoms. The Morgan fingerprint density at radius 2 is 0.716 bits per heavy atom. The zero-order valence-electron chi connectivity index (χ0n) is 35.5. The van der Waals surface area contributed by atoms with Gasteiger partial charge in [0.2, 0.25) is 0 Å². The first-order valence-corrected chi connectivity index (χ1v) is 27.6. The maximum absolute atomic E-state index is 6.15. The van der Waals surface area contributed by atoms with E-state index in [4.69, 9.17) is 69.2 Å². The van der Waals surface area contributed by atoms with Crippen LogP contribution in [0.2, 0.25) is 0 Å². The second kappa shape index (κ2) is 30.2. The first-order valence-electron chi connectivity index (χ1n) is 19.6. The number of hydrogen-bond donors (Lipinski definition) is 3. The van der Waals surface area contributed by atoms with Gasteiger partial charge in [0.15, 0.2) is 15.8 Å². The summed E-state index contributed by atoms with van der Waals surface area (Å²) in [7, 11) is 5.88. The van der Waals surface area contributed by atoms with Gasteiger partial charge in [-0.3, -0.25) is 0 Å². The van der Waals surface area contributed by atoms with Crippen LogP contribution in [0.1, 0.15) is 39.6 Å². The van der Waals surface area contributed by atoms with E-state index < -0.39 is 21.1 Å². The van der Waals surface area contributed by atoms with E-state index >= 15 is 0 Å². The zero-order valence-corrected chi connectivity index (χ0v) is 41.6. The summed E-state index contributed by atoms with van der Waals surface area (Å²) in [5, 5.41) is 5.52. The Kier molecular flexibility index (Phi) is 23.6. The van der Waals surface area contributed by atoms with Crippen molar-refractivity contribution >= 4 is 80.0 Å². The van der Waals surface area contributed by atoms with E-state index in [1.165, 1.54) is 0 Å².